The standard InChI is InChI=1S/C24H26O8/c25-19-6-2-4-15-13(3-1-5-16(15)19)7-9-17-18(22(27)23(28)21(17)26)12-31-11-14-8-10-20(32-14)24(29)30/h1,3,5,8,10,17-19,22,25,27H,2,4,6-7,9,11-12H2,(H,29,30)/t17-,18-,19?,22?/m1/s1. The number of ketones is 2. The van der Waals surface area contributed by atoms with Crippen LogP contribution in [-0.4, -0.2) is 45.6 Å². The minimum absolute atomic E-state index is 0.0297. The Labute approximate surface area is 184 Å². The number of fused-ring (bicyclic) bond motifs is 1. The Bertz CT molecular complexity index is 1020. The summed E-state index contributed by atoms with van der Waals surface area (Å²) in [7, 11) is 0. The fraction of sp³-hybridized carbons (Fsp3) is 0.458. The van der Waals surface area contributed by atoms with E-state index in [4.69, 9.17) is 14.3 Å². The van der Waals surface area contributed by atoms with Crippen molar-refractivity contribution in [3.05, 3.63) is 58.5 Å². The summed E-state index contributed by atoms with van der Waals surface area (Å²) in [5.41, 5.74) is 3.10. The van der Waals surface area contributed by atoms with Crippen LogP contribution in [0, 0.1) is 11.8 Å². The lowest BCUT2D eigenvalue weighted by atomic mass is 9.83. The molecule has 4 atom stereocenters. The Hall–Kier alpha value is -2.81. The predicted octanol–water partition coefficient (Wildman–Crippen LogP) is 2.24. The summed E-state index contributed by atoms with van der Waals surface area (Å²) in [5.74, 6) is -3.79. The van der Waals surface area contributed by atoms with E-state index in [1.807, 2.05) is 18.2 Å². The molecule has 1 aromatic carbocycles. The van der Waals surface area contributed by atoms with Crippen molar-refractivity contribution in [1.82, 2.24) is 0 Å². The van der Waals surface area contributed by atoms with E-state index in [1.165, 1.54) is 12.1 Å². The summed E-state index contributed by atoms with van der Waals surface area (Å²) in [5, 5.41) is 29.5. The normalized spacial score (nSPS) is 25.2. The van der Waals surface area contributed by atoms with Gasteiger partial charge in [0.1, 0.15) is 18.5 Å². The number of aromatic carboxylic acids is 1. The molecule has 32 heavy (non-hydrogen) atoms. The van der Waals surface area contributed by atoms with Gasteiger partial charge in [0.2, 0.25) is 17.3 Å². The van der Waals surface area contributed by atoms with Gasteiger partial charge in [-0.3, -0.25) is 9.59 Å². The van der Waals surface area contributed by atoms with Gasteiger partial charge >= 0.3 is 5.97 Å². The average molecular weight is 442 g/mol. The summed E-state index contributed by atoms with van der Waals surface area (Å²) in [6.45, 7) is -0.0618. The molecule has 1 saturated carbocycles. The number of carboxylic acids is 1. The topological polar surface area (TPSA) is 134 Å². The van der Waals surface area contributed by atoms with Crippen LogP contribution >= 0.6 is 0 Å². The summed E-state index contributed by atoms with van der Waals surface area (Å²) in [4.78, 5) is 35.6. The van der Waals surface area contributed by atoms with Gasteiger partial charge in [-0.15, -0.1) is 0 Å². The number of Topliss-reactive ketones (excluding diaryl/α,β-unsaturated/α-hetero) is 2. The number of benzene rings is 1. The van der Waals surface area contributed by atoms with E-state index >= 15 is 0 Å². The Balaban J connectivity index is 1.41. The SMILES string of the molecule is O=C(O)c1ccc(COC[C@H]2C(O)C(=O)C(=O)[C@@H]2CCc2cccc3c2CCCC3O)o1. The molecule has 0 radical (unpaired) electrons. The minimum atomic E-state index is -1.41. The van der Waals surface area contributed by atoms with Crippen LogP contribution in [0.25, 0.3) is 0 Å². The van der Waals surface area contributed by atoms with E-state index in [2.05, 4.69) is 0 Å². The molecule has 2 unspecified atom stereocenters. The second-order valence-electron chi connectivity index (χ2n) is 8.46. The van der Waals surface area contributed by atoms with Crippen LogP contribution in [-0.2, 0) is 33.8 Å². The Morgan fingerprint density at radius 1 is 1.12 bits per heavy atom. The summed E-state index contributed by atoms with van der Waals surface area (Å²) >= 11 is 0. The molecule has 0 amide bonds. The second-order valence-corrected chi connectivity index (χ2v) is 8.46. The van der Waals surface area contributed by atoms with Crippen molar-refractivity contribution in [3.63, 3.8) is 0 Å². The van der Waals surface area contributed by atoms with Crippen LogP contribution in [0.15, 0.2) is 34.7 Å². The number of carbonyl (C=O) groups is 3. The smallest absolute Gasteiger partial charge is 0.371 e. The van der Waals surface area contributed by atoms with Gasteiger partial charge in [-0.25, -0.2) is 4.79 Å². The molecular weight excluding hydrogens is 416 g/mol. The number of furan rings is 1. The van der Waals surface area contributed by atoms with Crippen LogP contribution in [0.5, 0.6) is 0 Å². The maximum absolute atomic E-state index is 12.5. The highest BCUT2D eigenvalue weighted by molar-refractivity contribution is 6.41. The highest BCUT2D eigenvalue weighted by Gasteiger charge is 2.48. The summed E-state index contributed by atoms with van der Waals surface area (Å²) < 4.78 is 10.7. The van der Waals surface area contributed by atoms with Crippen molar-refractivity contribution in [3.8, 4) is 0 Å². The van der Waals surface area contributed by atoms with E-state index in [1.54, 1.807) is 0 Å². The van der Waals surface area contributed by atoms with Gasteiger partial charge in [-0.2, -0.15) is 0 Å². The number of hydrogen-bond donors (Lipinski definition) is 3. The molecule has 4 rings (SSSR count). The van der Waals surface area contributed by atoms with Gasteiger partial charge in [0.15, 0.2) is 0 Å². The zero-order valence-corrected chi connectivity index (χ0v) is 17.5. The van der Waals surface area contributed by atoms with Crippen molar-refractivity contribution in [2.75, 3.05) is 6.61 Å². The average Bonchev–Trinajstić information content (AvgIpc) is 3.33. The van der Waals surface area contributed by atoms with Crippen LogP contribution in [0.2, 0.25) is 0 Å². The van der Waals surface area contributed by atoms with Gasteiger partial charge in [-0.05, 0) is 60.9 Å². The van der Waals surface area contributed by atoms with E-state index in [0.717, 1.165) is 36.0 Å². The lowest BCUT2D eigenvalue weighted by Gasteiger charge is -2.25. The fourth-order valence-corrected chi connectivity index (χ4v) is 4.80. The third-order valence-electron chi connectivity index (χ3n) is 6.49. The van der Waals surface area contributed by atoms with Crippen molar-refractivity contribution >= 4 is 17.5 Å². The molecule has 0 bridgehead atoms. The van der Waals surface area contributed by atoms with Crippen LogP contribution in [0.4, 0.5) is 0 Å². The van der Waals surface area contributed by atoms with E-state index in [9.17, 15) is 24.6 Å². The molecule has 1 heterocycles. The van der Waals surface area contributed by atoms with Crippen molar-refractivity contribution in [1.29, 1.82) is 0 Å². The zero-order valence-electron chi connectivity index (χ0n) is 17.5. The predicted molar refractivity (Wildman–Crippen MR) is 111 cm³/mol. The quantitative estimate of drug-likeness (QED) is 0.530. The molecule has 8 heteroatoms. The number of aliphatic hydroxyl groups is 2. The summed E-state index contributed by atoms with van der Waals surface area (Å²) in [6.07, 6.45) is 1.58. The highest BCUT2D eigenvalue weighted by atomic mass is 16.5. The monoisotopic (exact) mass is 442 g/mol. The van der Waals surface area contributed by atoms with Crippen LogP contribution in [0.1, 0.15) is 58.4 Å². The molecule has 2 aliphatic carbocycles. The number of aryl methyl sites for hydroxylation is 1. The first-order valence-corrected chi connectivity index (χ1v) is 10.8. The maximum atomic E-state index is 12.5. The van der Waals surface area contributed by atoms with Gasteiger partial charge in [-0.1, -0.05) is 18.2 Å². The van der Waals surface area contributed by atoms with Crippen LogP contribution < -0.4 is 0 Å². The number of rotatable bonds is 8. The minimum Gasteiger partial charge on any atom is -0.475 e. The van der Waals surface area contributed by atoms with Crippen LogP contribution in [0.3, 0.4) is 0 Å². The van der Waals surface area contributed by atoms with Gasteiger partial charge in [0.05, 0.1) is 12.7 Å². The van der Waals surface area contributed by atoms with Crippen molar-refractivity contribution in [2.24, 2.45) is 11.8 Å². The number of carbonyl (C=O) groups excluding carboxylic acids is 2. The molecule has 0 saturated heterocycles. The van der Waals surface area contributed by atoms with Gasteiger partial charge in [0, 0.05) is 11.8 Å². The van der Waals surface area contributed by atoms with Crippen molar-refractivity contribution in [2.45, 2.75) is 50.9 Å². The van der Waals surface area contributed by atoms with Crippen molar-refractivity contribution < 1.29 is 38.9 Å². The van der Waals surface area contributed by atoms with E-state index in [-0.39, 0.29) is 19.0 Å². The molecule has 0 spiro atoms. The molecule has 170 valence electrons. The first kappa shape index (κ1) is 22.4. The lowest BCUT2D eigenvalue weighted by molar-refractivity contribution is -0.138. The Kier molecular flexibility index (Phi) is 6.55. The molecule has 3 N–H and O–H groups in total. The Morgan fingerprint density at radius 2 is 1.94 bits per heavy atom. The first-order valence-electron chi connectivity index (χ1n) is 10.8. The maximum Gasteiger partial charge on any atom is 0.371 e. The molecular formula is C24H26O8. The Morgan fingerprint density at radius 3 is 2.69 bits per heavy atom. The molecule has 1 aromatic heterocycles. The fourth-order valence-electron chi connectivity index (χ4n) is 4.80. The second kappa shape index (κ2) is 9.36. The van der Waals surface area contributed by atoms with Gasteiger partial charge < -0.3 is 24.5 Å². The highest BCUT2D eigenvalue weighted by Crippen LogP contribution is 2.35. The van der Waals surface area contributed by atoms with E-state index < -0.39 is 41.6 Å². The number of carboxylic acid groups (broad SMARTS) is 1. The first-order chi connectivity index (χ1) is 15.4. The molecule has 0 aliphatic heterocycles. The number of ether oxygens (including phenoxy) is 1. The molecule has 1 fully saturated rings. The third kappa shape index (κ3) is 4.39. The third-order valence-corrected chi connectivity index (χ3v) is 6.49. The number of hydrogen-bond acceptors (Lipinski definition) is 7. The largest absolute Gasteiger partial charge is 0.475 e. The summed E-state index contributed by atoms with van der Waals surface area (Å²) in [6, 6.07) is 8.61. The van der Waals surface area contributed by atoms with E-state index in [0.29, 0.717) is 18.6 Å². The number of aliphatic hydroxyl groups excluding tert-OH is 2. The zero-order chi connectivity index (χ0) is 22.8. The molecule has 2 aliphatic rings. The van der Waals surface area contributed by atoms with Gasteiger partial charge in [0.25, 0.3) is 0 Å². The molecule has 8 nitrogen and oxygen atoms in total. The molecule has 2 aromatic rings. The lowest BCUT2D eigenvalue weighted by Crippen LogP contribution is -2.27.